The Hall–Kier alpha value is -2.36. The van der Waals surface area contributed by atoms with E-state index in [4.69, 9.17) is 26.1 Å². The largest absolute Gasteiger partial charge is 0.456 e. The summed E-state index contributed by atoms with van der Waals surface area (Å²) in [5, 5.41) is 12.9. The van der Waals surface area contributed by atoms with Gasteiger partial charge in [0.15, 0.2) is 6.07 Å². The van der Waals surface area contributed by atoms with Gasteiger partial charge in [-0.05, 0) is 42.5 Å². The standard InChI is InChI=1S/C15H7BrClN3O2/c16-10-3-6-12(17)13(7-10)21-11-4-1-9(2-5-11)15-19-14(8-18)22-20-15/h1-7H. The van der Waals surface area contributed by atoms with Crippen molar-refractivity contribution in [3.8, 4) is 29.0 Å². The third-order valence-electron chi connectivity index (χ3n) is 2.76. The Balaban J connectivity index is 1.82. The zero-order chi connectivity index (χ0) is 15.5. The Morgan fingerprint density at radius 2 is 1.95 bits per heavy atom. The minimum Gasteiger partial charge on any atom is -0.456 e. The molecule has 3 rings (SSSR count). The van der Waals surface area contributed by atoms with E-state index >= 15 is 0 Å². The van der Waals surface area contributed by atoms with Crippen LogP contribution >= 0.6 is 27.5 Å². The van der Waals surface area contributed by atoms with Crippen molar-refractivity contribution in [2.75, 3.05) is 0 Å². The normalized spacial score (nSPS) is 10.2. The van der Waals surface area contributed by atoms with Gasteiger partial charge in [-0.25, -0.2) is 0 Å². The van der Waals surface area contributed by atoms with Gasteiger partial charge in [-0.15, -0.1) is 0 Å². The molecule has 108 valence electrons. The first-order valence-corrected chi connectivity index (χ1v) is 7.30. The third-order valence-corrected chi connectivity index (χ3v) is 3.56. The number of ether oxygens (including phenoxy) is 1. The van der Waals surface area contributed by atoms with Crippen molar-refractivity contribution >= 4 is 27.5 Å². The average Bonchev–Trinajstić information content (AvgIpc) is 3.01. The molecule has 3 aromatic rings. The monoisotopic (exact) mass is 375 g/mol. The van der Waals surface area contributed by atoms with Crippen LogP contribution in [0.1, 0.15) is 5.89 Å². The van der Waals surface area contributed by atoms with Gasteiger partial charge in [0.2, 0.25) is 5.82 Å². The van der Waals surface area contributed by atoms with Crippen molar-refractivity contribution in [3.05, 3.63) is 57.9 Å². The number of nitrogens with zero attached hydrogens (tertiary/aromatic N) is 3. The number of hydrogen-bond donors (Lipinski definition) is 0. The molecule has 0 unspecified atom stereocenters. The fourth-order valence-electron chi connectivity index (χ4n) is 1.74. The molecule has 0 N–H and O–H groups in total. The predicted molar refractivity (Wildman–Crippen MR) is 83.7 cm³/mol. The van der Waals surface area contributed by atoms with Gasteiger partial charge in [0.05, 0.1) is 5.02 Å². The minimum atomic E-state index is -0.0729. The topological polar surface area (TPSA) is 71.9 Å². The summed E-state index contributed by atoms with van der Waals surface area (Å²) in [4.78, 5) is 3.93. The van der Waals surface area contributed by atoms with Crippen molar-refractivity contribution in [2.24, 2.45) is 0 Å². The molecule has 0 spiro atoms. The molecule has 5 nitrogen and oxygen atoms in total. The number of nitriles is 1. The number of halogens is 2. The summed E-state index contributed by atoms with van der Waals surface area (Å²) in [6.07, 6.45) is 0. The highest BCUT2D eigenvalue weighted by Crippen LogP contribution is 2.32. The van der Waals surface area contributed by atoms with Gasteiger partial charge in [-0.3, -0.25) is 0 Å². The van der Waals surface area contributed by atoms with Gasteiger partial charge in [-0.1, -0.05) is 32.7 Å². The van der Waals surface area contributed by atoms with Gasteiger partial charge in [0, 0.05) is 10.0 Å². The van der Waals surface area contributed by atoms with Gasteiger partial charge in [0.1, 0.15) is 11.5 Å². The molecule has 0 aliphatic carbocycles. The molecule has 0 bridgehead atoms. The second-order valence-electron chi connectivity index (χ2n) is 4.24. The quantitative estimate of drug-likeness (QED) is 0.655. The summed E-state index contributed by atoms with van der Waals surface area (Å²) in [5.74, 6) is 1.45. The van der Waals surface area contributed by atoms with Crippen LogP contribution in [0, 0.1) is 11.3 Å². The SMILES string of the molecule is N#Cc1nc(-c2ccc(Oc3cc(Br)ccc3Cl)cc2)no1. The molecule has 0 aliphatic rings. The van der Waals surface area contributed by atoms with Gasteiger partial charge >= 0.3 is 5.89 Å². The highest BCUT2D eigenvalue weighted by Gasteiger charge is 2.09. The Labute approximate surface area is 139 Å². The van der Waals surface area contributed by atoms with Crippen LogP contribution in [0.3, 0.4) is 0 Å². The Kier molecular flexibility index (Phi) is 4.09. The molecule has 0 amide bonds. The molecular formula is C15H7BrClN3O2. The average molecular weight is 377 g/mol. The van der Waals surface area contributed by atoms with Crippen LogP contribution in [0.2, 0.25) is 5.02 Å². The van der Waals surface area contributed by atoms with Crippen LogP contribution < -0.4 is 4.74 Å². The van der Waals surface area contributed by atoms with Gasteiger partial charge in [-0.2, -0.15) is 10.2 Å². The zero-order valence-corrected chi connectivity index (χ0v) is 13.3. The first-order chi connectivity index (χ1) is 10.7. The highest BCUT2D eigenvalue weighted by molar-refractivity contribution is 9.10. The fourth-order valence-corrected chi connectivity index (χ4v) is 2.24. The fraction of sp³-hybridized carbons (Fsp3) is 0. The van der Waals surface area contributed by atoms with Gasteiger partial charge in [0.25, 0.3) is 0 Å². The van der Waals surface area contributed by atoms with Crippen molar-refractivity contribution in [3.63, 3.8) is 0 Å². The van der Waals surface area contributed by atoms with E-state index in [1.807, 2.05) is 6.07 Å². The lowest BCUT2D eigenvalue weighted by Gasteiger charge is -2.08. The van der Waals surface area contributed by atoms with E-state index in [1.54, 1.807) is 42.5 Å². The molecule has 7 heteroatoms. The summed E-state index contributed by atoms with van der Waals surface area (Å²) in [7, 11) is 0. The van der Waals surface area contributed by atoms with Crippen LogP contribution in [-0.4, -0.2) is 10.1 Å². The molecule has 0 atom stereocenters. The smallest absolute Gasteiger partial charge is 0.329 e. The maximum Gasteiger partial charge on any atom is 0.329 e. The Morgan fingerprint density at radius 1 is 1.18 bits per heavy atom. The lowest BCUT2D eigenvalue weighted by Crippen LogP contribution is -1.86. The van der Waals surface area contributed by atoms with Crippen LogP contribution in [0.25, 0.3) is 11.4 Å². The second-order valence-corrected chi connectivity index (χ2v) is 5.56. The van der Waals surface area contributed by atoms with Crippen molar-refractivity contribution in [1.29, 1.82) is 5.26 Å². The van der Waals surface area contributed by atoms with E-state index in [-0.39, 0.29) is 5.89 Å². The number of hydrogen-bond acceptors (Lipinski definition) is 5. The summed E-state index contributed by atoms with van der Waals surface area (Å²) in [6.45, 7) is 0. The Morgan fingerprint density at radius 3 is 2.64 bits per heavy atom. The molecule has 1 heterocycles. The van der Waals surface area contributed by atoms with E-state index < -0.39 is 0 Å². The molecule has 2 aromatic carbocycles. The van der Waals surface area contributed by atoms with Crippen LogP contribution in [-0.2, 0) is 0 Å². The molecular weight excluding hydrogens is 370 g/mol. The van der Waals surface area contributed by atoms with Crippen LogP contribution in [0.4, 0.5) is 0 Å². The maximum atomic E-state index is 8.67. The first kappa shape index (κ1) is 14.6. The number of rotatable bonds is 3. The third kappa shape index (κ3) is 3.11. The van der Waals surface area contributed by atoms with E-state index in [9.17, 15) is 0 Å². The maximum absolute atomic E-state index is 8.67. The van der Waals surface area contributed by atoms with Crippen molar-refractivity contribution in [2.45, 2.75) is 0 Å². The second kappa shape index (κ2) is 6.18. The molecule has 0 radical (unpaired) electrons. The van der Waals surface area contributed by atoms with Gasteiger partial charge < -0.3 is 9.26 Å². The molecule has 0 aliphatic heterocycles. The molecule has 0 fully saturated rings. The van der Waals surface area contributed by atoms with E-state index in [1.165, 1.54) is 0 Å². The van der Waals surface area contributed by atoms with Crippen molar-refractivity contribution < 1.29 is 9.26 Å². The predicted octanol–water partition coefficient (Wildman–Crippen LogP) is 4.82. The first-order valence-electron chi connectivity index (χ1n) is 6.13. The van der Waals surface area contributed by atoms with E-state index in [2.05, 4.69) is 26.1 Å². The number of aromatic nitrogens is 2. The summed E-state index contributed by atoms with van der Waals surface area (Å²) in [5.41, 5.74) is 0.720. The molecule has 22 heavy (non-hydrogen) atoms. The van der Waals surface area contributed by atoms with Crippen LogP contribution in [0.15, 0.2) is 51.5 Å². The zero-order valence-electron chi connectivity index (χ0n) is 11.0. The lowest BCUT2D eigenvalue weighted by molar-refractivity contribution is 0.408. The number of benzene rings is 2. The molecule has 1 aromatic heterocycles. The summed E-state index contributed by atoms with van der Waals surface area (Å²) < 4.78 is 11.3. The van der Waals surface area contributed by atoms with Crippen molar-refractivity contribution in [1.82, 2.24) is 10.1 Å². The van der Waals surface area contributed by atoms with Crippen LogP contribution in [0.5, 0.6) is 11.5 Å². The lowest BCUT2D eigenvalue weighted by atomic mass is 10.2. The van der Waals surface area contributed by atoms with E-state index in [0.717, 1.165) is 10.0 Å². The highest BCUT2D eigenvalue weighted by atomic mass is 79.9. The summed E-state index contributed by atoms with van der Waals surface area (Å²) in [6, 6.07) is 14.2. The molecule has 0 saturated heterocycles. The Bertz CT molecular complexity index is 856. The molecule has 0 saturated carbocycles. The summed E-state index contributed by atoms with van der Waals surface area (Å²) >= 11 is 9.45. The minimum absolute atomic E-state index is 0.0729. The van der Waals surface area contributed by atoms with E-state index in [0.29, 0.717) is 22.3 Å².